The summed E-state index contributed by atoms with van der Waals surface area (Å²) in [6.45, 7) is 6.45. The first kappa shape index (κ1) is 19.9. The highest BCUT2D eigenvalue weighted by molar-refractivity contribution is 7.17. The van der Waals surface area contributed by atoms with Crippen LogP contribution in [0.5, 0.6) is 0 Å². The molecule has 0 fully saturated rings. The van der Waals surface area contributed by atoms with Gasteiger partial charge in [0.2, 0.25) is 0 Å². The number of H-pyrrole nitrogens is 1. The van der Waals surface area contributed by atoms with Gasteiger partial charge in [0.05, 0.1) is 10.6 Å². The number of benzene rings is 1. The molecule has 0 saturated heterocycles. The fraction of sp³-hybridized carbons (Fsp3) is 0.300. The summed E-state index contributed by atoms with van der Waals surface area (Å²) in [6, 6.07) is 7.43. The van der Waals surface area contributed by atoms with Crippen molar-refractivity contribution < 1.29 is 9.18 Å². The van der Waals surface area contributed by atoms with E-state index in [1.54, 1.807) is 12.1 Å². The Labute approximate surface area is 165 Å². The van der Waals surface area contributed by atoms with Gasteiger partial charge < -0.3 is 5.32 Å². The quantitative estimate of drug-likeness (QED) is 0.656. The maximum absolute atomic E-state index is 13.4. The molecule has 0 aliphatic heterocycles. The van der Waals surface area contributed by atoms with Crippen molar-refractivity contribution in [2.24, 2.45) is 0 Å². The molecule has 3 rings (SSSR count). The van der Waals surface area contributed by atoms with Gasteiger partial charge in [0.1, 0.15) is 11.5 Å². The molecule has 3 aromatic rings. The van der Waals surface area contributed by atoms with E-state index >= 15 is 0 Å². The predicted molar refractivity (Wildman–Crippen MR) is 108 cm³/mol. The molecule has 1 aromatic carbocycles. The first-order valence-corrected chi connectivity index (χ1v) is 9.87. The lowest BCUT2D eigenvalue weighted by molar-refractivity contribution is 0.0953. The molecule has 1 amide bonds. The Bertz CT molecular complexity index is 1040. The standard InChI is InChI=1S/C20H21FN4O2S/c1-4-9-22-19(27)20-23-16(12-5-7-13(21)8-6-12)18(28-20)17-14(11(2)3)10-15(26)24-25-17/h5-8,10-11H,4,9H2,1-3H3,(H,22,27)(H,24,26). The number of nitrogens with one attached hydrogen (secondary N) is 2. The Hall–Kier alpha value is -2.87. The van der Waals surface area contributed by atoms with Crippen molar-refractivity contribution >= 4 is 17.2 Å². The van der Waals surface area contributed by atoms with Gasteiger partial charge in [-0.15, -0.1) is 11.3 Å². The summed E-state index contributed by atoms with van der Waals surface area (Å²) in [4.78, 5) is 29.4. The molecule has 2 N–H and O–H groups in total. The highest BCUT2D eigenvalue weighted by Crippen LogP contribution is 2.38. The minimum Gasteiger partial charge on any atom is -0.350 e. The number of hydrogen-bond acceptors (Lipinski definition) is 5. The van der Waals surface area contributed by atoms with E-state index in [0.717, 1.165) is 12.0 Å². The first-order valence-electron chi connectivity index (χ1n) is 9.05. The van der Waals surface area contributed by atoms with E-state index in [4.69, 9.17) is 0 Å². The van der Waals surface area contributed by atoms with E-state index in [0.29, 0.717) is 33.4 Å². The maximum atomic E-state index is 13.4. The summed E-state index contributed by atoms with van der Waals surface area (Å²) < 4.78 is 13.4. The lowest BCUT2D eigenvalue weighted by Gasteiger charge is -2.10. The Morgan fingerprint density at radius 1 is 1.25 bits per heavy atom. The van der Waals surface area contributed by atoms with Crippen molar-refractivity contribution in [3.63, 3.8) is 0 Å². The number of carbonyl (C=O) groups excluding carboxylic acids is 1. The van der Waals surface area contributed by atoms with E-state index < -0.39 is 0 Å². The van der Waals surface area contributed by atoms with Crippen LogP contribution in [0.15, 0.2) is 35.1 Å². The number of nitrogens with zero attached hydrogens (tertiary/aromatic N) is 2. The van der Waals surface area contributed by atoms with E-state index in [1.165, 1.54) is 29.5 Å². The molecule has 0 unspecified atom stereocenters. The number of halogens is 1. The van der Waals surface area contributed by atoms with Crippen LogP contribution in [-0.2, 0) is 0 Å². The summed E-state index contributed by atoms with van der Waals surface area (Å²) in [5.74, 6) is -0.575. The molecular formula is C20H21FN4O2S. The molecule has 2 aromatic heterocycles. The third-order valence-corrected chi connectivity index (χ3v) is 5.21. The number of thiazole rings is 1. The summed E-state index contributed by atoms with van der Waals surface area (Å²) in [7, 11) is 0. The number of hydrogen-bond donors (Lipinski definition) is 2. The lowest BCUT2D eigenvalue weighted by atomic mass is 9.99. The van der Waals surface area contributed by atoms with Crippen molar-refractivity contribution in [3.8, 4) is 21.8 Å². The van der Waals surface area contributed by atoms with Gasteiger partial charge in [0, 0.05) is 18.2 Å². The molecule has 0 saturated carbocycles. The van der Waals surface area contributed by atoms with Gasteiger partial charge in [-0.2, -0.15) is 5.10 Å². The van der Waals surface area contributed by atoms with Crippen LogP contribution in [0.1, 0.15) is 48.5 Å². The van der Waals surface area contributed by atoms with Crippen molar-refractivity contribution in [2.75, 3.05) is 6.54 Å². The minimum absolute atomic E-state index is 0.0466. The van der Waals surface area contributed by atoms with Crippen LogP contribution in [0, 0.1) is 5.82 Å². The van der Waals surface area contributed by atoms with Gasteiger partial charge in [-0.25, -0.2) is 14.5 Å². The number of rotatable bonds is 6. The van der Waals surface area contributed by atoms with Crippen molar-refractivity contribution in [2.45, 2.75) is 33.1 Å². The second kappa shape index (κ2) is 8.43. The molecule has 28 heavy (non-hydrogen) atoms. The fourth-order valence-electron chi connectivity index (χ4n) is 2.73. The van der Waals surface area contributed by atoms with Gasteiger partial charge in [-0.05, 0) is 42.2 Å². The minimum atomic E-state index is -0.355. The van der Waals surface area contributed by atoms with Gasteiger partial charge in [-0.1, -0.05) is 20.8 Å². The average molecular weight is 400 g/mol. The molecule has 146 valence electrons. The van der Waals surface area contributed by atoms with Gasteiger partial charge >= 0.3 is 0 Å². The molecule has 0 atom stereocenters. The zero-order valence-corrected chi connectivity index (χ0v) is 16.7. The molecular weight excluding hydrogens is 379 g/mol. The van der Waals surface area contributed by atoms with Crippen LogP contribution in [0.4, 0.5) is 4.39 Å². The largest absolute Gasteiger partial charge is 0.350 e. The Morgan fingerprint density at radius 2 is 1.96 bits per heavy atom. The number of aromatic nitrogens is 3. The van der Waals surface area contributed by atoms with Crippen LogP contribution in [0.25, 0.3) is 21.8 Å². The van der Waals surface area contributed by atoms with Gasteiger partial charge in [-0.3, -0.25) is 9.59 Å². The normalized spacial score (nSPS) is 11.0. The van der Waals surface area contributed by atoms with Gasteiger partial charge in [0.25, 0.3) is 11.5 Å². The van der Waals surface area contributed by atoms with E-state index in [2.05, 4.69) is 20.5 Å². The van der Waals surface area contributed by atoms with Crippen LogP contribution >= 0.6 is 11.3 Å². The van der Waals surface area contributed by atoms with E-state index in [1.807, 2.05) is 20.8 Å². The third kappa shape index (κ3) is 4.17. The summed E-state index contributed by atoms with van der Waals surface area (Å²) >= 11 is 1.21. The molecule has 2 heterocycles. The highest BCUT2D eigenvalue weighted by atomic mass is 32.1. The Balaban J connectivity index is 2.19. The predicted octanol–water partition coefficient (Wildman–Crippen LogP) is 3.96. The molecule has 0 aliphatic carbocycles. The SMILES string of the molecule is CCCNC(=O)c1nc(-c2ccc(F)cc2)c(-c2n[nH]c(=O)cc2C(C)C)s1. The lowest BCUT2D eigenvalue weighted by Crippen LogP contribution is -2.23. The van der Waals surface area contributed by atoms with Crippen LogP contribution in [0.3, 0.4) is 0 Å². The van der Waals surface area contributed by atoms with Crippen LogP contribution in [0.2, 0.25) is 0 Å². The topological polar surface area (TPSA) is 87.7 Å². The first-order chi connectivity index (χ1) is 13.4. The fourth-order valence-corrected chi connectivity index (χ4v) is 3.75. The van der Waals surface area contributed by atoms with Gasteiger partial charge in [0.15, 0.2) is 5.01 Å². The zero-order valence-electron chi connectivity index (χ0n) is 15.9. The summed E-state index contributed by atoms with van der Waals surface area (Å²) in [6.07, 6.45) is 0.813. The second-order valence-electron chi connectivity index (χ2n) is 6.65. The number of amides is 1. The molecule has 6 nitrogen and oxygen atoms in total. The third-order valence-electron chi connectivity index (χ3n) is 4.15. The molecule has 0 spiro atoms. The van der Waals surface area contributed by atoms with Crippen molar-refractivity contribution in [1.29, 1.82) is 0 Å². The van der Waals surface area contributed by atoms with Crippen molar-refractivity contribution in [3.05, 3.63) is 57.1 Å². The zero-order chi connectivity index (χ0) is 20.3. The van der Waals surface area contributed by atoms with E-state index in [9.17, 15) is 14.0 Å². The van der Waals surface area contributed by atoms with Crippen LogP contribution in [-0.4, -0.2) is 27.6 Å². The smallest absolute Gasteiger partial charge is 0.280 e. The number of aromatic amines is 1. The monoisotopic (exact) mass is 400 g/mol. The Morgan fingerprint density at radius 3 is 2.61 bits per heavy atom. The molecule has 0 radical (unpaired) electrons. The maximum Gasteiger partial charge on any atom is 0.280 e. The number of carbonyl (C=O) groups is 1. The average Bonchev–Trinajstić information content (AvgIpc) is 3.11. The second-order valence-corrected chi connectivity index (χ2v) is 7.65. The summed E-state index contributed by atoms with van der Waals surface area (Å²) in [5.41, 5.74) is 2.25. The highest BCUT2D eigenvalue weighted by Gasteiger charge is 2.23. The molecule has 8 heteroatoms. The van der Waals surface area contributed by atoms with Crippen LogP contribution < -0.4 is 10.9 Å². The Kier molecular flexibility index (Phi) is 5.99. The molecule has 0 aliphatic rings. The van der Waals surface area contributed by atoms with Crippen molar-refractivity contribution in [1.82, 2.24) is 20.5 Å². The van der Waals surface area contributed by atoms with E-state index in [-0.39, 0.29) is 23.2 Å². The summed E-state index contributed by atoms with van der Waals surface area (Å²) in [5, 5.41) is 9.82. The molecule has 0 bridgehead atoms.